The molecule has 7 heteroatoms. The molecule has 0 aliphatic carbocycles. The Balaban J connectivity index is 1.83. The predicted molar refractivity (Wildman–Crippen MR) is 99.9 cm³/mol. The van der Waals surface area contributed by atoms with Crippen LogP contribution in [0.4, 0.5) is 4.79 Å². The van der Waals surface area contributed by atoms with E-state index in [0.29, 0.717) is 21.2 Å². The molecular formula is C18H11Cl2NO3S. The zero-order chi connectivity index (χ0) is 18.0. The molecule has 1 aliphatic heterocycles. The highest BCUT2D eigenvalue weighted by atomic mass is 35.5. The molecule has 0 unspecified atom stereocenters. The van der Waals surface area contributed by atoms with Crippen LogP contribution in [-0.4, -0.2) is 28.4 Å². The number of carbonyl (C=O) groups is 3. The number of Topliss-reactive ketones (excluding diaryl/α,β-unsaturated/α-hetero) is 1. The molecule has 1 saturated heterocycles. The lowest BCUT2D eigenvalue weighted by molar-refractivity contribution is -0.122. The smallest absolute Gasteiger partial charge is 0.292 e. The maximum absolute atomic E-state index is 12.5. The van der Waals surface area contributed by atoms with Gasteiger partial charge in [0.1, 0.15) is 0 Å². The minimum absolute atomic E-state index is 0.181. The van der Waals surface area contributed by atoms with Gasteiger partial charge in [-0.1, -0.05) is 59.6 Å². The van der Waals surface area contributed by atoms with E-state index in [2.05, 4.69) is 0 Å². The highest BCUT2D eigenvalue weighted by molar-refractivity contribution is 8.18. The van der Waals surface area contributed by atoms with Crippen LogP contribution in [0.2, 0.25) is 10.0 Å². The molecule has 1 aliphatic rings. The van der Waals surface area contributed by atoms with E-state index >= 15 is 0 Å². The summed E-state index contributed by atoms with van der Waals surface area (Å²) in [6, 6.07) is 13.5. The molecular weight excluding hydrogens is 381 g/mol. The van der Waals surface area contributed by atoms with E-state index in [0.717, 1.165) is 16.7 Å². The summed E-state index contributed by atoms with van der Waals surface area (Å²) in [4.78, 5) is 38.0. The van der Waals surface area contributed by atoms with Crippen molar-refractivity contribution in [2.45, 2.75) is 0 Å². The molecule has 25 heavy (non-hydrogen) atoms. The molecule has 0 saturated carbocycles. The van der Waals surface area contributed by atoms with E-state index in [1.54, 1.807) is 48.5 Å². The van der Waals surface area contributed by atoms with Crippen molar-refractivity contribution in [2.75, 3.05) is 6.54 Å². The van der Waals surface area contributed by atoms with Crippen LogP contribution < -0.4 is 0 Å². The van der Waals surface area contributed by atoms with Crippen molar-refractivity contribution < 1.29 is 14.4 Å². The largest absolute Gasteiger partial charge is 0.293 e. The number of imide groups is 1. The number of thioether (sulfide) groups is 1. The minimum Gasteiger partial charge on any atom is -0.292 e. The van der Waals surface area contributed by atoms with Gasteiger partial charge in [-0.2, -0.15) is 0 Å². The number of halogens is 2. The molecule has 0 radical (unpaired) electrons. The van der Waals surface area contributed by atoms with Crippen LogP contribution in [-0.2, 0) is 4.79 Å². The summed E-state index contributed by atoms with van der Waals surface area (Å²) in [5.74, 6) is -0.838. The molecule has 2 aromatic rings. The van der Waals surface area contributed by atoms with Gasteiger partial charge < -0.3 is 0 Å². The van der Waals surface area contributed by atoms with Gasteiger partial charge in [0.25, 0.3) is 11.1 Å². The van der Waals surface area contributed by atoms with Crippen LogP contribution >= 0.6 is 35.0 Å². The summed E-state index contributed by atoms with van der Waals surface area (Å²) in [7, 11) is 0. The standard InChI is InChI=1S/C18H11Cl2NO3S/c19-13-7-4-8-14(20)12(13)9-16-17(23)21(18(24)25-16)10-15(22)11-5-2-1-3-6-11/h1-9H,10H2/b16-9-. The van der Waals surface area contributed by atoms with E-state index in [4.69, 9.17) is 23.2 Å². The van der Waals surface area contributed by atoms with E-state index in [1.807, 2.05) is 0 Å². The van der Waals surface area contributed by atoms with Crippen LogP contribution in [0, 0.1) is 0 Å². The number of hydrogen-bond acceptors (Lipinski definition) is 4. The van der Waals surface area contributed by atoms with Gasteiger partial charge in [0, 0.05) is 21.2 Å². The van der Waals surface area contributed by atoms with Crippen LogP contribution in [0.5, 0.6) is 0 Å². The second-order valence-electron chi connectivity index (χ2n) is 5.19. The van der Waals surface area contributed by atoms with Gasteiger partial charge in [0.2, 0.25) is 0 Å². The van der Waals surface area contributed by atoms with E-state index < -0.39 is 11.1 Å². The van der Waals surface area contributed by atoms with Crippen LogP contribution in [0.25, 0.3) is 6.08 Å². The fourth-order valence-electron chi connectivity index (χ4n) is 2.27. The van der Waals surface area contributed by atoms with Crippen LogP contribution in [0.15, 0.2) is 53.4 Å². The maximum Gasteiger partial charge on any atom is 0.293 e. The molecule has 2 aromatic carbocycles. The highest BCUT2D eigenvalue weighted by Gasteiger charge is 2.36. The molecule has 1 fully saturated rings. The molecule has 4 nitrogen and oxygen atoms in total. The number of hydrogen-bond donors (Lipinski definition) is 0. The van der Waals surface area contributed by atoms with Crippen molar-refractivity contribution in [1.82, 2.24) is 4.90 Å². The molecule has 2 amide bonds. The lowest BCUT2D eigenvalue weighted by Crippen LogP contribution is -2.33. The second kappa shape index (κ2) is 7.44. The van der Waals surface area contributed by atoms with Crippen molar-refractivity contribution in [3.8, 4) is 0 Å². The Morgan fingerprint density at radius 2 is 1.64 bits per heavy atom. The van der Waals surface area contributed by atoms with Crippen molar-refractivity contribution in [3.63, 3.8) is 0 Å². The summed E-state index contributed by atoms with van der Waals surface area (Å²) in [6.45, 7) is -0.303. The zero-order valence-corrected chi connectivity index (χ0v) is 15.1. The second-order valence-corrected chi connectivity index (χ2v) is 7.00. The summed E-state index contributed by atoms with van der Waals surface area (Å²) < 4.78 is 0. The van der Waals surface area contributed by atoms with Crippen molar-refractivity contribution in [2.24, 2.45) is 0 Å². The summed E-state index contributed by atoms with van der Waals surface area (Å²) in [5, 5.41) is 0.253. The Morgan fingerprint density at radius 1 is 1.00 bits per heavy atom. The summed E-state index contributed by atoms with van der Waals surface area (Å²) in [5.41, 5.74) is 0.908. The normalized spacial score (nSPS) is 15.9. The number of benzene rings is 2. The Labute approximate surface area is 158 Å². The highest BCUT2D eigenvalue weighted by Crippen LogP contribution is 2.35. The molecule has 126 valence electrons. The first-order valence-electron chi connectivity index (χ1n) is 7.25. The number of rotatable bonds is 4. The fourth-order valence-corrected chi connectivity index (χ4v) is 3.60. The van der Waals surface area contributed by atoms with Crippen molar-refractivity contribution in [3.05, 3.63) is 74.6 Å². The van der Waals surface area contributed by atoms with Gasteiger partial charge in [0.15, 0.2) is 5.78 Å². The maximum atomic E-state index is 12.5. The molecule has 0 N–H and O–H groups in total. The molecule has 3 rings (SSSR count). The van der Waals surface area contributed by atoms with Crippen molar-refractivity contribution >= 4 is 58.0 Å². The third kappa shape index (κ3) is 3.79. The van der Waals surface area contributed by atoms with Crippen LogP contribution in [0.3, 0.4) is 0 Å². The number of ketones is 1. The first-order chi connectivity index (χ1) is 12.0. The predicted octanol–water partition coefficient (Wildman–Crippen LogP) is 4.91. The molecule has 0 spiro atoms. The summed E-state index contributed by atoms with van der Waals surface area (Å²) in [6.07, 6.45) is 1.47. The van der Waals surface area contributed by atoms with Gasteiger partial charge in [-0.3, -0.25) is 19.3 Å². The number of carbonyl (C=O) groups excluding carboxylic acids is 3. The minimum atomic E-state index is -0.532. The lowest BCUT2D eigenvalue weighted by Gasteiger charge is -2.11. The Morgan fingerprint density at radius 3 is 2.28 bits per heavy atom. The Kier molecular flexibility index (Phi) is 5.27. The molecule has 1 heterocycles. The van der Waals surface area contributed by atoms with Gasteiger partial charge in [-0.15, -0.1) is 0 Å². The molecule has 0 bridgehead atoms. The quantitative estimate of drug-likeness (QED) is 0.548. The Hall–Kier alpha value is -2.08. The average Bonchev–Trinajstić information content (AvgIpc) is 2.86. The van der Waals surface area contributed by atoms with Gasteiger partial charge in [-0.05, 0) is 30.0 Å². The SMILES string of the molecule is O=C(CN1C(=O)S/C(=C\c2c(Cl)cccc2Cl)C1=O)c1ccccc1. The first-order valence-corrected chi connectivity index (χ1v) is 8.82. The van der Waals surface area contributed by atoms with Gasteiger partial charge in [-0.25, -0.2) is 0 Å². The molecule has 0 aromatic heterocycles. The third-order valence-electron chi connectivity index (χ3n) is 3.55. The zero-order valence-electron chi connectivity index (χ0n) is 12.7. The fraction of sp³-hybridized carbons (Fsp3) is 0.0556. The Bertz CT molecular complexity index is 876. The topological polar surface area (TPSA) is 54.5 Å². The average molecular weight is 392 g/mol. The summed E-state index contributed by atoms with van der Waals surface area (Å²) >= 11 is 12.9. The van der Waals surface area contributed by atoms with Crippen molar-refractivity contribution in [1.29, 1.82) is 0 Å². The third-order valence-corrected chi connectivity index (χ3v) is 5.11. The van der Waals surface area contributed by atoms with E-state index in [-0.39, 0.29) is 17.2 Å². The van der Waals surface area contributed by atoms with Crippen LogP contribution in [0.1, 0.15) is 15.9 Å². The van der Waals surface area contributed by atoms with E-state index in [1.165, 1.54) is 6.08 Å². The molecule has 0 atom stereocenters. The van der Waals surface area contributed by atoms with Gasteiger partial charge >= 0.3 is 0 Å². The number of amides is 2. The van der Waals surface area contributed by atoms with E-state index in [9.17, 15) is 14.4 Å². The monoisotopic (exact) mass is 391 g/mol. The lowest BCUT2D eigenvalue weighted by atomic mass is 10.1. The number of nitrogens with zero attached hydrogens (tertiary/aromatic N) is 1. The van der Waals surface area contributed by atoms with Gasteiger partial charge in [0.05, 0.1) is 11.4 Å². The first kappa shape index (κ1) is 17.7.